The molecule has 0 aliphatic rings. The monoisotopic (exact) mass is 300 g/mol. The number of amides is 1. The molecule has 1 unspecified atom stereocenters. The van der Waals surface area contributed by atoms with Crippen LogP contribution in [0, 0.1) is 11.8 Å². The van der Waals surface area contributed by atoms with E-state index in [1.165, 1.54) is 0 Å². The molecule has 5 nitrogen and oxygen atoms in total. The predicted molar refractivity (Wildman–Crippen MR) is 85.2 cm³/mol. The Hall–Kier alpha value is -1.10. The number of nitrogens with zero attached hydrogens (tertiary/aromatic N) is 2. The Morgan fingerprint density at radius 1 is 1.00 bits per heavy atom. The van der Waals surface area contributed by atoms with E-state index in [1.54, 1.807) is 11.8 Å². The van der Waals surface area contributed by atoms with Gasteiger partial charge in [-0.3, -0.25) is 9.59 Å². The van der Waals surface area contributed by atoms with Crippen molar-refractivity contribution in [3.63, 3.8) is 0 Å². The molecule has 1 amide bonds. The summed E-state index contributed by atoms with van der Waals surface area (Å²) in [6.07, 6.45) is 1.95. The lowest BCUT2D eigenvalue weighted by atomic mass is 10.1. The minimum Gasteiger partial charge on any atom is -0.481 e. The van der Waals surface area contributed by atoms with Gasteiger partial charge in [-0.2, -0.15) is 0 Å². The van der Waals surface area contributed by atoms with Gasteiger partial charge in [0.25, 0.3) is 0 Å². The van der Waals surface area contributed by atoms with Crippen LogP contribution < -0.4 is 0 Å². The van der Waals surface area contributed by atoms with Crippen molar-refractivity contribution in [2.75, 3.05) is 32.7 Å². The molecule has 0 bridgehead atoms. The third-order valence-electron chi connectivity index (χ3n) is 3.77. The molecular formula is C16H32N2O3. The highest BCUT2D eigenvalue weighted by Crippen LogP contribution is 2.08. The van der Waals surface area contributed by atoms with E-state index in [-0.39, 0.29) is 11.8 Å². The third kappa shape index (κ3) is 8.05. The van der Waals surface area contributed by atoms with Gasteiger partial charge in [-0.25, -0.2) is 0 Å². The van der Waals surface area contributed by atoms with Gasteiger partial charge in [0.15, 0.2) is 0 Å². The summed E-state index contributed by atoms with van der Waals surface area (Å²) in [6.45, 7) is 13.7. The second-order valence-electron chi connectivity index (χ2n) is 5.91. The first kappa shape index (κ1) is 19.9. The van der Waals surface area contributed by atoms with Crippen LogP contribution in [0.25, 0.3) is 0 Å². The molecule has 0 heterocycles. The van der Waals surface area contributed by atoms with Crippen LogP contribution in [0.15, 0.2) is 0 Å². The fourth-order valence-corrected chi connectivity index (χ4v) is 2.24. The smallest absolute Gasteiger partial charge is 0.308 e. The molecule has 124 valence electrons. The molecule has 1 atom stereocenters. The number of carbonyl (C=O) groups is 2. The van der Waals surface area contributed by atoms with Gasteiger partial charge in [0, 0.05) is 19.0 Å². The van der Waals surface area contributed by atoms with E-state index >= 15 is 0 Å². The molecule has 1 N–H and O–H groups in total. The van der Waals surface area contributed by atoms with Crippen LogP contribution in [0.1, 0.15) is 47.5 Å². The Balaban J connectivity index is 4.35. The first-order valence-corrected chi connectivity index (χ1v) is 8.07. The standard InChI is InChI=1S/C16H32N2O3/c1-6-17(7-2)10-8-9-11-18(15(19)13(3)4)12-14(5)16(20)21/h13-14H,6-12H2,1-5H3,(H,20,21). The van der Waals surface area contributed by atoms with E-state index in [2.05, 4.69) is 18.7 Å². The molecule has 0 rings (SSSR count). The molecule has 0 fully saturated rings. The number of rotatable bonds is 11. The Bertz CT molecular complexity index is 315. The maximum atomic E-state index is 12.2. The number of carboxylic acid groups (broad SMARTS) is 1. The summed E-state index contributed by atoms with van der Waals surface area (Å²) in [5.41, 5.74) is 0. The van der Waals surface area contributed by atoms with E-state index in [0.29, 0.717) is 13.1 Å². The van der Waals surface area contributed by atoms with Crippen LogP contribution in [0.3, 0.4) is 0 Å². The van der Waals surface area contributed by atoms with E-state index in [0.717, 1.165) is 32.5 Å². The van der Waals surface area contributed by atoms with Crippen LogP contribution in [-0.4, -0.2) is 59.5 Å². The maximum absolute atomic E-state index is 12.2. The van der Waals surface area contributed by atoms with E-state index in [9.17, 15) is 9.59 Å². The SMILES string of the molecule is CCN(CC)CCCCN(CC(C)C(=O)O)C(=O)C(C)C. The average Bonchev–Trinajstić information content (AvgIpc) is 2.44. The fourth-order valence-electron chi connectivity index (χ4n) is 2.24. The highest BCUT2D eigenvalue weighted by Gasteiger charge is 2.22. The lowest BCUT2D eigenvalue weighted by Gasteiger charge is -2.27. The predicted octanol–water partition coefficient (Wildman–Crippen LogP) is 2.31. The van der Waals surface area contributed by atoms with Crippen molar-refractivity contribution in [3.05, 3.63) is 0 Å². The summed E-state index contributed by atoms with van der Waals surface area (Å²) in [5, 5.41) is 9.01. The summed E-state index contributed by atoms with van der Waals surface area (Å²) in [7, 11) is 0. The van der Waals surface area contributed by atoms with Crippen molar-refractivity contribution in [2.45, 2.75) is 47.5 Å². The van der Waals surface area contributed by atoms with Gasteiger partial charge in [0.05, 0.1) is 5.92 Å². The second-order valence-corrected chi connectivity index (χ2v) is 5.91. The third-order valence-corrected chi connectivity index (χ3v) is 3.77. The van der Waals surface area contributed by atoms with Crippen molar-refractivity contribution in [2.24, 2.45) is 11.8 Å². The lowest BCUT2D eigenvalue weighted by Crippen LogP contribution is -2.40. The van der Waals surface area contributed by atoms with Crippen LogP contribution in [0.2, 0.25) is 0 Å². The van der Waals surface area contributed by atoms with E-state index < -0.39 is 11.9 Å². The molecule has 0 aliphatic carbocycles. The maximum Gasteiger partial charge on any atom is 0.308 e. The highest BCUT2D eigenvalue weighted by molar-refractivity contribution is 5.79. The molecule has 0 radical (unpaired) electrons. The first-order valence-electron chi connectivity index (χ1n) is 8.07. The molecule has 5 heteroatoms. The highest BCUT2D eigenvalue weighted by atomic mass is 16.4. The summed E-state index contributed by atoms with van der Waals surface area (Å²) >= 11 is 0. The van der Waals surface area contributed by atoms with Gasteiger partial charge in [0.2, 0.25) is 5.91 Å². The first-order chi connectivity index (χ1) is 9.83. The van der Waals surface area contributed by atoms with E-state index in [1.807, 2.05) is 13.8 Å². The lowest BCUT2D eigenvalue weighted by molar-refractivity contribution is -0.143. The largest absolute Gasteiger partial charge is 0.481 e. The summed E-state index contributed by atoms with van der Waals surface area (Å²) in [4.78, 5) is 27.2. The summed E-state index contributed by atoms with van der Waals surface area (Å²) < 4.78 is 0. The average molecular weight is 300 g/mol. The van der Waals surface area contributed by atoms with Crippen molar-refractivity contribution >= 4 is 11.9 Å². The van der Waals surface area contributed by atoms with Crippen LogP contribution in [0.5, 0.6) is 0 Å². The Morgan fingerprint density at radius 2 is 1.52 bits per heavy atom. The molecule has 0 spiro atoms. The summed E-state index contributed by atoms with van der Waals surface area (Å²) in [6, 6.07) is 0. The number of unbranched alkanes of at least 4 members (excludes halogenated alkanes) is 1. The molecule has 0 aromatic heterocycles. The fraction of sp³-hybridized carbons (Fsp3) is 0.875. The summed E-state index contributed by atoms with van der Waals surface area (Å²) in [5.74, 6) is -1.41. The number of carboxylic acids is 1. The normalized spacial score (nSPS) is 12.7. The molecule has 0 saturated carbocycles. The van der Waals surface area contributed by atoms with Crippen molar-refractivity contribution < 1.29 is 14.7 Å². The molecule has 21 heavy (non-hydrogen) atoms. The molecular weight excluding hydrogens is 268 g/mol. The molecule has 0 aromatic carbocycles. The van der Waals surface area contributed by atoms with Gasteiger partial charge in [-0.15, -0.1) is 0 Å². The van der Waals surface area contributed by atoms with Crippen molar-refractivity contribution in [1.29, 1.82) is 0 Å². The topological polar surface area (TPSA) is 60.9 Å². The zero-order chi connectivity index (χ0) is 16.4. The number of hydrogen-bond donors (Lipinski definition) is 1. The Kier molecular flexibility index (Phi) is 10.0. The molecule has 0 aliphatic heterocycles. The quantitative estimate of drug-likeness (QED) is 0.595. The van der Waals surface area contributed by atoms with Gasteiger partial charge >= 0.3 is 5.97 Å². The number of aliphatic carboxylic acids is 1. The van der Waals surface area contributed by atoms with Crippen molar-refractivity contribution in [1.82, 2.24) is 9.80 Å². The van der Waals surface area contributed by atoms with Crippen LogP contribution in [-0.2, 0) is 9.59 Å². The van der Waals surface area contributed by atoms with Gasteiger partial charge in [-0.05, 0) is 32.5 Å². The van der Waals surface area contributed by atoms with Crippen molar-refractivity contribution in [3.8, 4) is 0 Å². The zero-order valence-electron chi connectivity index (χ0n) is 14.3. The Morgan fingerprint density at radius 3 is 1.95 bits per heavy atom. The Labute approximate surface area is 129 Å². The zero-order valence-corrected chi connectivity index (χ0v) is 14.3. The molecule has 0 aromatic rings. The number of hydrogen-bond acceptors (Lipinski definition) is 3. The minimum absolute atomic E-state index is 0.0472. The van der Waals surface area contributed by atoms with Gasteiger partial charge < -0.3 is 14.9 Å². The van der Waals surface area contributed by atoms with Gasteiger partial charge in [0.1, 0.15) is 0 Å². The van der Waals surface area contributed by atoms with Crippen LogP contribution in [0.4, 0.5) is 0 Å². The van der Waals surface area contributed by atoms with Crippen LogP contribution >= 0.6 is 0 Å². The second kappa shape index (κ2) is 10.6. The minimum atomic E-state index is -0.848. The molecule has 0 saturated heterocycles. The van der Waals surface area contributed by atoms with Gasteiger partial charge in [-0.1, -0.05) is 34.6 Å². The van der Waals surface area contributed by atoms with E-state index in [4.69, 9.17) is 5.11 Å². The number of carbonyl (C=O) groups excluding carboxylic acids is 1.